The van der Waals surface area contributed by atoms with Crippen LogP contribution in [0, 0.1) is 5.41 Å². The number of ether oxygens (including phenoxy) is 3. The molecule has 0 aromatic carbocycles. The van der Waals surface area contributed by atoms with Crippen molar-refractivity contribution in [3.8, 4) is 0 Å². The minimum Gasteiger partial charge on any atom is -0.481 e. The average Bonchev–Trinajstić information content (AvgIpc) is 2.67. The van der Waals surface area contributed by atoms with Crippen LogP contribution in [0.3, 0.4) is 0 Å². The molecule has 29 heavy (non-hydrogen) atoms. The molecular weight excluding hydrogens is 380 g/mol. The summed E-state index contributed by atoms with van der Waals surface area (Å²) in [5.74, 6) is -2.06. The molecular formula is C21H36O8. The van der Waals surface area contributed by atoms with Crippen LogP contribution in [-0.4, -0.2) is 48.3 Å². The van der Waals surface area contributed by atoms with Gasteiger partial charge in [-0.25, -0.2) is 0 Å². The van der Waals surface area contributed by atoms with Crippen molar-refractivity contribution in [2.45, 2.75) is 91.6 Å². The van der Waals surface area contributed by atoms with Gasteiger partial charge in [0.1, 0.15) is 13.2 Å². The second-order valence-corrected chi connectivity index (χ2v) is 7.65. The molecule has 0 aromatic rings. The lowest BCUT2D eigenvalue weighted by Gasteiger charge is -2.26. The topological polar surface area (TPSA) is 116 Å². The van der Waals surface area contributed by atoms with E-state index in [4.69, 9.17) is 19.3 Å². The minimum atomic E-state index is -0.844. The molecule has 0 aliphatic rings. The van der Waals surface area contributed by atoms with Gasteiger partial charge in [0.15, 0.2) is 6.10 Å². The Hall–Kier alpha value is -2.12. The van der Waals surface area contributed by atoms with Crippen molar-refractivity contribution in [3.05, 3.63) is 0 Å². The van der Waals surface area contributed by atoms with Crippen LogP contribution < -0.4 is 0 Å². The van der Waals surface area contributed by atoms with E-state index in [0.29, 0.717) is 12.8 Å². The summed E-state index contributed by atoms with van der Waals surface area (Å²) < 4.78 is 15.5. The normalized spacial score (nSPS) is 11.2. The average molecular weight is 417 g/mol. The summed E-state index contributed by atoms with van der Waals surface area (Å²) in [5, 5.41) is 8.61. The van der Waals surface area contributed by atoms with Gasteiger partial charge >= 0.3 is 23.9 Å². The molecule has 0 amide bonds. The maximum atomic E-state index is 12.6. The van der Waals surface area contributed by atoms with E-state index in [1.807, 2.05) is 0 Å². The molecule has 0 spiro atoms. The zero-order valence-corrected chi connectivity index (χ0v) is 18.2. The molecule has 0 aliphatic heterocycles. The fourth-order valence-corrected chi connectivity index (χ4v) is 2.48. The molecule has 8 heteroatoms. The van der Waals surface area contributed by atoms with E-state index < -0.39 is 35.4 Å². The lowest BCUT2D eigenvalue weighted by molar-refractivity contribution is -0.173. The molecule has 0 saturated carbocycles. The molecule has 8 nitrogen and oxygen atoms in total. The van der Waals surface area contributed by atoms with Crippen molar-refractivity contribution in [1.29, 1.82) is 0 Å². The first-order valence-electron chi connectivity index (χ1n) is 10.4. The van der Waals surface area contributed by atoms with Crippen molar-refractivity contribution in [2.75, 3.05) is 13.2 Å². The highest BCUT2D eigenvalue weighted by Crippen LogP contribution is 2.26. The Morgan fingerprint density at radius 1 is 0.828 bits per heavy atom. The summed E-state index contributed by atoms with van der Waals surface area (Å²) in [6.07, 6.45) is 4.51. The van der Waals surface area contributed by atoms with E-state index >= 15 is 0 Å². The monoisotopic (exact) mass is 416 g/mol. The van der Waals surface area contributed by atoms with Gasteiger partial charge in [-0.3, -0.25) is 19.2 Å². The summed E-state index contributed by atoms with van der Waals surface area (Å²) in [5.41, 5.74) is -0.733. The molecule has 168 valence electrons. The number of unbranched alkanes of at least 4 members (excludes halogenated alkanes) is 4. The van der Waals surface area contributed by atoms with Crippen LogP contribution in [0.4, 0.5) is 0 Å². The third-order valence-electron chi connectivity index (χ3n) is 4.46. The van der Waals surface area contributed by atoms with Gasteiger partial charge in [-0.2, -0.15) is 0 Å². The van der Waals surface area contributed by atoms with Gasteiger partial charge < -0.3 is 19.3 Å². The van der Waals surface area contributed by atoms with Crippen LogP contribution in [0.2, 0.25) is 0 Å². The first-order valence-corrected chi connectivity index (χ1v) is 10.4. The third-order valence-corrected chi connectivity index (χ3v) is 4.46. The van der Waals surface area contributed by atoms with Crippen LogP contribution in [0.25, 0.3) is 0 Å². The summed E-state index contributed by atoms with van der Waals surface area (Å²) in [6, 6.07) is 0. The molecule has 0 radical (unpaired) electrons. The van der Waals surface area contributed by atoms with Gasteiger partial charge in [-0.1, -0.05) is 39.5 Å². The first kappa shape index (κ1) is 26.9. The van der Waals surface area contributed by atoms with E-state index in [0.717, 1.165) is 25.7 Å². The number of hydrogen-bond donors (Lipinski definition) is 1. The smallest absolute Gasteiger partial charge is 0.312 e. The summed E-state index contributed by atoms with van der Waals surface area (Å²) in [7, 11) is 0. The van der Waals surface area contributed by atoms with Gasteiger partial charge in [0, 0.05) is 19.3 Å². The van der Waals surface area contributed by atoms with Gasteiger partial charge in [-0.15, -0.1) is 0 Å². The third kappa shape index (κ3) is 13.7. The van der Waals surface area contributed by atoms with E-state index in [9.17, 15) is 19.2 Å². The predicted molar refractivity (Wildman–Crippen MR) is 106 cm³/mol. The molecule has 0 fully saturated rings. The number of carboxylic acid groups (broad SMARTS) is 1. The lowest BCUT2D eigenvalue weighted by Crippen LogP contribution is -2.36. The predicted octanol–water partition coefficient (Wildman–Crippen LogP) is 3.65. The Bertz CT molecular complexity index is 507. The van der Waals surface area contributed by atoms with Crippen LogP contribution >= 0.6 is 0 Å². The lowest BCUT2D eigenvalue weighted by atomic mass is 9.87. The highest BCUT2D eigenvalue weighted by molar-refractivity contribution is 5.76. The number of esters is 3. The van der Waals surface area contributed by atoms with Crippen LogP contribution in [0.15, 0.2) is 0 Å². The van der Waals surface area contributed by atoms with Crippen LogP contribution in [0.5, 0.6) is 0 Å². The molecule has 0 bridgehead atoms. The Kier molecular flexibility index (Phi) is 13.7. The van der Waals surface area contributed by atoms with Crippen LogP contribution in [-0.2, 0) is 33.4 Å². The zero-order valence-electron chi connectivity index (χ0n) is 18.2. The second-order valence-electron chi connectivity index (χ2n) is 7.65. The fraction of sp³-hybridized carbons (Fsp3) is 0.810. The Balaban J connectivity index is 4.46. The number of carbonyl (C=O) groups excluding carboxylic acids is 3. The van der Waals surface area contributed by atoms with Crippen molar-refractivity contribution < 1.29 is 38.5 Å². The molecule has 1 N–H and O–H groups in total. The summed E-state index contributed by atoms with van der Waals surface area (Å²) in [6.45, 7) is 6.57. The van der Waals surface area contributed by atoms with E-state index in [1.54, 1.807) is 27.7 Å². The Morgan fingerprint density at radius 2 is 1.31 bits per heavy atom. The number of aliphatic carboxylic acids is 1. The number of carboxylic acids is 1. The fourth-order valence-electron chi connectivity index (χ4n) is 2.48. The highest BCUT2D eigenvalue weighted by atomic mass is 16.6. The molecule has 0 heterocycles. The second kappa shape index (κ2) is 14.8. The number of rotatable bonds is 16. The van der Waals surface area contributed by atoms with Crippen molar-refractivity contribution in [1.82, 2.24) is 0 Å². The molecule has 0 atom stereocenters. The van der Waals surface area contributed by atoms with E-state index in [1.165, 1.54) is 0 Å². The minimum absolute atomic E-state index is 0.158. The largest absolute Gasteiger partial charge is 0.481 e. The van der Waals surface area contributed by atoms with Gasteiger partial charge in [0.2, 0.25) is 0 Å². The molecule has 0 aromatic heterocycles. The maximum Gasteiger partial charge on any atom is 0.312 e. The van der Waals surface area contributed by atoms with Gasteiger partial charge in [0.25, 0.3) is 0 Å². The standard InChI is InChI=1S/C21H36O8/c1-5-18(24)27-14-16(15-28-19(25)6-2)29-20(26)21(3,4)13-11-9-7-8-10-12-17(22)23/h16H,5-15H2,1-4H3,(H,22,23). The van der Waals surface area contributed by atoms with E-state index in [2.05, 4.69) is 0 Å². The molecule has 0 unspecified atom stereocenters. The van der Waals surface area contributed by atoms with Crippen molar-refractivity contribution >= 4 is 23.9 Å². The zero-order chi connectivity index (χ0) is 22.3. The number of carbonyl (C=O) groups is 4. The SMILES string of the molecule is CCC(=O)OCC(COC(=O)CC)OC(=O)C(C)(C)CCCCCCCC(=O)O. The summed E-state index contributed by atoms with van der Waals surface area (Å²) in [4.78, 5) is 45.8. The number of hydrogen-bond acceptors (Lipinski definition) is 7. The molecule has 0 rings (SSSR count). The van der Waals surface area contributed by atoms with Gasteiger partial charge in [0.05, 0.1) is 5.41 Å². The first-order chi connectivity index (χ1) is 13.6. The van der Waals surface area contributed by atoms with E-state index in [-0.39, 0.29) is 32.5 Å². The Labute approximate surface area is 173 Å². The molecule has 0 saturated heterocycles. The van der Waals surface area contributed by atoms with Crippen molar-refractivity contribution in [3.63, 3.8) is 0 Å². The van der Waals surface area contributed by atoms with Crippen molar-refractivity contribution in [2.24, 2.45) is 5.41 Å². The summed E-state index contributed by atoms with van der Waals surface area (Å²) >= 11 is 0. The Morgan fingerprint density at radius 3 is 1.79 bits per heavy atom. The quantitative estimate of drug-likeness (QED) is 0.230. The highest BCUT2D eigenvalue weighted by Gasteiger charge is 2.31. The van der Waals surface area contributed by atoms with Gasteiger partial charge in [-0.05, 0) is 26.7 Å². The molecule has 0 aliphatic carbocycles. The maximum absolute atomic E-state index is 12.6. The van der Waals surface area contributed by atoms with Crippen LogP contribution in [0.1, 0.15) is 85.5 Å².